The Labute approximate surface area is 194 Å². The Balaban J connectivity index is 1.92. The molecule has 1 unspecified atom stereocenters. The van der Waals surface area contributed by atoms with Gasteiger partial charge in [0.05, 0.1) is 23.3 Å². The minimum atomic E-state index is -3.60. The molecule has 0 aliphatic heterocycles. The van der Waals surface area contributed by atoms with E-state index in [4.69, 9.17) is 4.74 Å². The average molecular weight is 482 g/mol. The van der Waals surface area contributed by atoms with Gasteiger partial charge in [0, 0.05) is 31.8 Å². The number of nitrogens with zero attached hydrogens (tertiary/aromatic N) is 4. The van der Waals surface area contributed by atoms with Crippen LogP contribution in [0, 0.1) is 0 Å². The lowest BCUT2D eigenvalue weighted by molar-refractivity contribution is -0.118. The van der Waals surface area contributed by atoms with Gasteiger partial charge in [-0.05, 0) is 31.9 Å². The number of carbonyl (C=O) groups excluding carboxylic acids is 1. The number of hydrogen-bond acceptors (Lipinski definition) is 7. The van der Waals surface area contributed by atoms with Crippen molar-refractivity contribution in [3.8, 4) is 11.4 Å². The Morgan fingerprint density at radius 1 is 1.31 bits per heavy atom. The number of carbonyl (C=O) groups is 1. The van der Waals surface area contributed by atoms with Crippen LogP contribution < -0.4 is 5.32 Å². The molecule has 11 heteroatoms. The third-order valence-corrected chi connectivity index (χ3v) is 8.21. The van der Waals surface area contributed by atoms with Crippen molar-refractivity contribution in [2.45, 2.75) is 55.7 Å². The van der Waals surface area contributed by atoms with Gasteiger partial charge in [-0.15, -0.1) is 10.2 Å². The van der Waals surface area contributed by atoms with E-state index >= 15 is 0 Å². The molecule has 1 saturated carbocycles. The molecule has 32 heavy (non-hydrogen) atoms. The highest BCUT2D eigenvalue weighted by Crippen LogP contribution is 2.30. The Bertz CT molecular complexity index is 1030. The summed E-state index contributed by atoms with van der Waals surface area (Å²) in [5.74, 6) is 0.751. The number of methoxy groups -OCH3 is 1. The maximum atomic E-state index is 13.0. The molecular formula is C21H31N5O4S2. The molecule has 1 N–H and O–H groups in total. The fraction of sp³-hybridized carbons (Fsp3) is 0.571. The van der Waals surface area contributed by atoms with Gasteiger partial charge >= 0.3 is 0 Å². The van der Waals surface area contributed by atoms with Crippen LogP contribution in [0.25, 0.3) is 11.4 Å². The van der Waals surface area contributed by atoms with Gasteiger partial charge in [0.25, 0.3) is 0 Å². The first-order valence-corrected chi connectivity index (χ1v) is 13.2. The van der Waals surface area contributed by atoms with E-state index < -0.39 is 10.0 Å². The summed E-state index contributed by atoms with van der Waals surface area (Å²) in [6, 6.07) is 6.94. The number of amides is 1. The van der Waals surface area contributed by atoms with E-state index in [1.807, 2.05) is 31.4 Å². The second-order valence-electron chi connectivity index (χ2n) is 7.73. The third kappa shape index (κ3) is 5.69. The normalized spacial score (nSPS) is 15.2. The number of nitrogens with one attached hydrogen (secondary N) is 1. The molecule has 1 aliphatic carbocycles. The van der Waals surface area contributed by atoms with Gasteiger partial charge in [-0.3, -0.25) is 9.36 Å². The van der Waals surface area contributed by atoms with E-state index in [0.29, 0.717) is 42.3 Å². The molecule has 1 heterocycles. The lowest BCUT2D eigenvalue weighted by Crippen LogP contribution is -2.30. The van der Waals surface area contributed by atoms with Crippen molar-refractivity contribution >= 4 is 27.7 Å². The van der Waals surface area contributed by atoms with E-state index in [1.54, 1.807) is 25.3 Å². The first-order valence-electron chi connectivity index (χ1n) is 10.8. The summed E-state index contributed by atoms with van der Waals surface area (Å²) < 4.78 is 34.6. The van der Waals surface area contributed by atoms with Crippen LogP contribution in [0.4, 0.5) is 0 Å². The van der Waals surface area contributed by atoms with Crippen molar-refractivity contribution in [3.63, 3.8) is 0 Å². The molecule has 0 spiro atoms. The molecule has 0 radical (unpaired) electrons. The fourth-order valence-corrected chi connectivity index (χ4v) is 5.77. The first-order chi connectivity index (χ1) is 15.3. The smallest absolute Gasteiger partial charge is 0.243 e. The van der Waals surface area contributed by atoms with Gasteiger partial charge < -0.3 is 10.1 Å². The maximum Gasteiger partial charge on any atom is 0.243 e. The zero-order valence-electron chi connectivity index (χ0n) is 18.9. The van der Waals surface area contributed by atoms with Crippen molar-refractivity contribution < 1.29 is 17.9 Å². The van der Waals surface area contributed by atoms with Gasteiger partial charge in [-0.1, -0.05) is 37.7 Å². The Hall–Kier alpha value is -1.95. The highest BCUT2D eigenvalue weighted by atomic mass is 32.2. The van der Waals surface area contributed by atoms with Crippen molar-refractivity contribution in [3.05, 3.63) is 24.3 Å². The summed E-state index contributed by atoms with van der Waals surface area (Å²) in [4.78, 5) is 12.4. The first kappa shape index (κ1) is 24.7. The Kier molecular flexibility index (Phi) is 8.32. The van der Waals surface area contributed by atoms with E-state index in [-0.39, 0.29) is 22.6 Å². The number of rotatable bonds is 12. The zero-order valence-corrected chi connectivity index (χ0v) is 20.6. The maximum absolute atomic E-state index is 13.0. The third-order valence-electron chi connectivity index (χ3n) is 5.22. The summed E-state index contributed by atoms with van der Waals surface area (Å²) >= 11 is 1.31. The van der Waals surface area contributed by atoms with Gasteiger partial charge in [0.1, 0.15) is 0 Å². The molecule has 1 fully saturated rings. The Morgan fingerprint density at radius 3 is 2.66 bits per heavy atom. The monoisotopic (exact) mass is 481 g/mol. The number of benzene rings is 1. The number of sulfonamides is 1. The van der Waals surface area contributed by atoms with Crippen molar-refractivity contribution in [1.82, 2.24) is 24.4 Å². The molecule has 176 valence electrons. The van der Waals surface area contributed by atoms with Crippen molar-refractivity contribution in [2.24, 2.45) is 0 Å². The molecule has 9 nitrogen and oxygen atoms in total. The summed E-state index contributed by atoms with van der Waals surface area (Å²) in [5, 5.41) is 12.2. The molecular weight excluding hydrogens is 450 g/mol. The van der Waals surface area contributed by atoms with E-state index in [9.17, 15) is 13.2 Å². The van der Waals surface area contributed by atoms with Crippen LogP contribution in [0.15, 0.2) is 34.3 Å². The molecule has 1 amide bonds. The van der Waals surface area contributed by atoms with E-state index in [1.165, 1.54) is 16.1 Å². The van der Waals surface area contributed by atoms with Crippen LogP contribution in [0.1, 0.15) is 39.7 Å². The predicted molar refractivity (Wildman–Crippen MR) is 124 cm³/mol. The highest BCUT2D eigenvalue weighted by Gasteiger charge is 2.26. The molecule has 1 aromatic carbocycles. The van der Waals surface area contributed by atoms with Gasteiger partial charge in [0.2, 0.25) is 15.9 Å². The SMILES string of the molecule is CCN(CC)S(=O)(=O)c1cccc(-c2nnc(SCC(=O)NC3CC3)n2C(C)COC)c1. The molecule has 1 aliphatic rings. The average Bonchev–Trinajstić information content (AvgIpc) is 3.48. The van der Waals surface area contributed by atoms with Gasteiger partial charge in [-0.2, -0.15) is 4.31 Å². The zero-order chi connectivity index (χ0) is 23.3. The van der Waals surface area contributed by atoms with Crippen LogP contribution in [-0.4, -0.2) is 72.0 Å². The second kappa shape index (κ2) is 10.8. The molecule has 0 saturated heterocycles. The molecule has 1 aromatic heterocycles. The lowest BCUT2D eigenvalue weighted by atomic mass is 10.2. The fourth-order valence-electron chi connectivity index (χ4n) is 3.42. The predicted octanol–water partition coefficient (Wildman–Crippen LogP) is 2.55. The minimum Gasteiger partial charge on any atom is -0.383 e. The quantitative estimate of drug-likeness (QED) is 0.464. The number of hydrogen-bond donors (Lipinski definition) is 1. The number of aromatic nitrogens is 3. The minimum absolute atomic E-state index is 0.0275. The van der Waals surface area contributed by atoms with Crippen LogP contribution >= 0.6 is 11.8 Å². The summed E-state index contributed by atoms with van der Waals surface area (Å²) in [7, 11) is -1.98. The number of ether oxygens (including phenoxy) is 1. The standard InChI is InChI=1S/C21H31N5O4S2/c1-5-25(6-2)32(28,29)18-9-7-8-16(12-18)20-23-24-21(26(20)15(3)13-30-4)31-14-19(27)22-17-10-11-17/h7-9,12,15,17H,5-6,10-11,13-14H2,1-4H3,(H,22,27). The summed E-state index contributed by atoms with van der Waals surface area (Å²) in [6.07, 6.45) is 2.07. The topological polar surface area (TPSA) is 106 Å². The van der Waals surface area contributed by atoms with Crippen molar-refractivity contribution in [1.29, 1.82) is 0 Å². The van der Waals surface area contributed by atoms with Gasteiger partial charge in [0.15, 0.2) is 11.0 Å². The molecule has 1 atom stereocenters. The van der Waals surface area contributed by atoms with Gasteiger partial charge in [-0.25, -0.2) is 8.42 Å². The van der Waals surface area contributed by atoms with Crippen LogP contribution in [0.2, 0.25) is 0 Å². The molecule has 3 rings (SSSR count). The highest BCUT2D eigenvalue weighted by molar-refractivity contribution is 7.99. The van der Waals surface area contributed by atoms with Crippen LogP contribution in [-0.2, 0) is 19.6 Å². The summed E-state index contributed by atoms with van der Waals surface area (Å²) in [6.45, 7) is 6.82. The van der Waals surface area contributed by atoms with Crippen LogP contribution in [0.5, 0.6) is 0 Å². The summed E-state index contributed by atoms with van der Waals surface area (Å²) in [5.41, 5.74) is 0.642. The Morgan fingerprint density at radius 2 is 2.03 bits per heavy atom. The molecule has 2 aromatic rings. The lowest BCUT2D eigenvalue weighted by Gasteiger charge is -2.20. The molecule has 0 bridgehead atoms. The van der Waals surface area contributed by atoms with E-state index in [0.717, 1.165) is 12.8 Å². The van der Waals surface area contributed by atoms with E-state index in [2.05, 4.69) is 15.5 Å². The second-order valence-corrected chi connectivity index (χ2v) is 10.6. The largest absolute Gasteiger partial charge is 0.383 e. The van der Waals surface area contributed by atoms with Crippen molar-refractivity contribution in [2.75, 3.05) is 32.6 Å². The van der Waals surface area contributed by atoms with Crippen LogP contribution in [0.3, 0.4) is 0 Å². The number of thioether (sulfide) groups is 1.